The van der Waals surface area contributed by atoms with Crippen LogP contribution in [0, 0.1) is 11.6 Å². The summed E-state index contributed by atoms with van der Waals surface area (Å²) >= 11 is 6.06. The van der Waals surface area contributed by atoms with E-state index in [1.54, 1.807) is 0 Å². The summed E-state index contributed by atoms with van der Waals surface area (Å²) in [6.45, 7) is 0. The van der Waals surface area contributed by atoms with Gasteiger partial charge in [0, 0.05) is 5.56 Å². The number of anilines is 1. The molecule has 1 amide bonds. The van der Waals surface area contributed by atoms with Crippen LogP contribution >= 0.6 is 11.6 Å². The minimum atomic E-state index is -1.12. The summed E-state index contributed by atoms with van der Waals surface area (Å²) in [5.74, 6) is -4.14. The Morgan fingerprint density at radius 3 is 2.30 bits per heavy atom. The molecule has 0 unspecified atom stereocenters. The van der Waals surface area contributed by atoms with Crippen molar-refractivity contribution in [2.45, 2.75) is 0 Å². The monoisotopic (exact) mass is 389 g/mol. The van der Waals surface area contributed by atoms with Crippen LogP contribution in [0.4, 0.5) is 14.6 Å². The van der Waals surface area contributed by atoms with Crippen LogP contribution in [0.3, 0.4) is 0 Å². The van der Waals surface area contributed by atoms with Crippen LogP contribution in [0.5, 0.6) is 0 Å². The zero-order valence-electron chi connectivity index (χ0n) is 13.4. The molecule has 3 aromatic rings. The first kappa shape index (κ1) is 18.4. The number of hydrogen-bond donors (Lipinski definition) is 2. The van der Waals surface area contributed by atoms with Crippen LogP contribution in [-0.2, 0) is 0 Å². The smallest absolute Gasteiger partial charge is 0.335 e. The van der Waals surface area contributed by atoms with Crippen LogP contribution in [0.25, 0.3) is 11.3 Å². The van der Waals surface area contributed by atoms with Crippen molar-refractivity contribution in [3.05, 3.63) is 76.6 Å². The van der Waals surface area contributed by atoms with Crippen LogP contribution in [0.1, 0.15) is 20.7 Å². The lowest BCUT2D eigenvalue weighted by Gasteiger charge is -2.08. The van der Waals surface area contributed by atoms with E-state index in [-0.39, 0.29) is 16.4 Å². The Morgan fingerprint density at radius 2 is 1.74 bits per heavy atom. The van der Waals surface area contributed by atoms with Gasteiger partial charge in [0.15, 0.2) is 5.82 Å². The number of carbonyl (C=O) groups is 2. The fourth-order valence-electron chi connectivity index (χ4n) is 2.28. The number of benzene rings is 2. The molecule has 0 spiro atoms. The van der Waals surface area contributed by atoms with E-state index in [1.807, 2.05) is 0 Å². The third-order valence-electron chi connectivity index (χ3n) is 3.58. The van der Waals surface area contributed by atoms with Gasteiger partial charge in [-0.15, -0.1) is 0 Å². The fourth-order valence-corrected chi connectivity index (χ4v) is 2.56. The molecule has 0 atom stereocenters. The molecule has 2 aromatic carbocycles. The molecule has 136 valence electrons. The second-order valence-corrected chi connectivity index (χ2v) is 5.74. The molecule has 0 saturated carbocycles. The number of nitrogens with one attached hydrogen (secondary N) is 1. The lowest BCUT2D eigenvalue weighted by Crippen LogP contribution is -2.16. The largest absolute Gasteiger partial charge is 0.478 e. The third kappa shape index (κ3) is 3.90. The number of halogens is 3. The van der Waals surface area contributed by atoms with Gasteiger partial charge in [0.05, 0.1) is 28.7 Å². The molecule has 3 rings (SSSR count). The minimum Gasteiger partial charge on any atom is -0.478 e. The van der Waals surface area contributed by atoms with Crippen LogP contribution in [0.2, 0.25) is 5.02 Å². The van der Waals surface area contributed by atoms with Crippen molar-refractivity contribution in [3.8, 4) is 11.3 Å². The van der Waals surface area contributed by atoms with Crippen molar-refractivity contribution in [1.82, 2.24) is 9.97 Å². The molecule has 0 aliphatic carbocycles. The van der Waals surface area contributed by atoms with E-state index in [2.05, 4.69) is 15.3 Å². The van der Waals surface area contributed by atoms with E-state index in [4.69, 9.17) is 16.7 Å². The SMILES string of the molecule is O=C(O)c1ccc(-c2cnc(NC(=O)c3c(F)cccc3F)cn2)c(Cl)c1. The van der Waals surface area contributed by atoms with Crippen molar-refractivity contribution in [2.24, 2.45) is 0 Å². The Labute approximate surface area is 156 Å². The second-order valence-electron chi connectivity index (χ2n) is 5.34. The summed E-state index contributed by atoms with van der Waals surface area (Å²) in [6.07, 6.45) is 2.47. The van der Waals surface area contributed by atoms with E-state index in [1.165, 1.54) is 30.6 Å². The highest BCUT2D eigenvalue weighted by atomic mass is 35.5. The Bertz CT molecular complexity index is 1020. The molecule has 0 saturated heterocycles. The quantitative estimate of drug-likeness (QED) is 0.703. The van der Waals surface area contributed by atoms with E-state index >= 15 is 0 Å². The number of carbonyl (C=O) groups excluding carboxylic acids is 1. The Kier molecular flexibility index (Phi) is 5.09. The number of hydrogen-bond acceptors (Lipinski definition) is 4. The van der Waals surface area contributed by atoms with Gasteiger partial charge in [-0.3, -0.25) is 9.78 Å². The van der Waals surface area contributed by atoms with Gasteiger partial charge in [0.2, 0.25) is 0 Å². The Hall–Kier alpha value is -3.39. The normalized spacial score (nSPS) is 10.5. The topological polar surface area (TPSA) is 92.2 Å². The van der Waals surface area contributed by atoms with Gasteiger partial charge in [-0.05, 0) is 24.3 Å². The third-order valence-corrected chi connectivity index (χ3v) is 3.89. The van der Waals surface area contributed by atoms with Crippen molar-refractivity contribution < 1.29 is 23.5 Å². The zero-order valence-corrected chi connectivity index (χ0v) is 14.2. The maximum absolute atomic E-state index is 13.6. The van der Waals surface area contributed by atoms with Crippen molar-refractivity contribution in [1.29, 1.82) is 0 Å². The van der Waals surface area contributed by atoms with Crippen molar-refractivity contribution in [2.75, 3.05) is 5.32 Å². The molecule has 0 radical (unpaired) electrons. The van der Waals surface area contributed by atoms with Gasteiger partial charge < -0.3 is 10.4 Å². The summed E-state index contributed by atoms with van der Waals surface area (Å²) in [7, 11) is 0. The molecule has 0 aliphatic rings. The van der Waals surface area contributed by atoms with Gasteiger partial charge in [-0.2, -0.15) is 0 Å². The fraction of sp³-hybridized carbons (Fsp3) is 0. The van der Waals surface area contributed by atoms with Crippen molar-refractivity contribution in [3.63, 3.8) is 0 Å². The van der Waals surface area contributed by atoms with Gasteiger partial charge >= 0.3 is 5.97 Å². The second kappa shape index (κ2) is 7.46. The Morgan fingerprint density at radius 1 is 1.04 bits per heavy atom. The summed E-state index contributed by atoms with van der Waals surface area (Å²) < 4.78 is 27.3. The standard InChI is InChI=1S/C18H10ClF2N3O3/c19-11-6-9(18(26)27)4-5-10(11)14-7-23-15(8-22-14)24-17(25)16-12(20)2-1-3-13(16)21/h1-8H,(H,26,27)(H,23,24,25). The summed E-state index contributed by atoms with van der Waals surface area (Å²) in [5, 5.41) is 11.4. The maximum atomic E-state index is 13.6. The lowest BCUT2D eigenvalue weighted by molar-refractivity contribution is 0.0696. The number of carboxylic acid groups (broad SMARTS) is 1. The summed E-state index contributed by atoms with van der Waals surface area (Å²) in [6, 6.07) is 7.20. The first-order valence-corrected chi connectivity index (χ1v) is 7.85. The molecule has 1 heterocycles. The molecule has 27 heavy (non-hydrogen) atoms. The van der Waals surface area contributed by atoms with Gasteiger partial charge in [-0.25, -0.2) is 18.6 Å². The average molecular weight is 390 g/mol. The lowest BCUT2D eigenvalue weighted by atomic mass is 10.1. The average Bonchev–Trinajstić information content (AvgIpc) is 2.62. The first-order chi connectivity index (χ1) is 12.9. The summed E-state index contributed by atoms with van der Waals surface area (Å²) in [5.41, 5.74) is 0.0578. The van der Waals surface area contributed by atoms with Gasteiger partial charge in [0.25, 0.3) is 5.91 Å². The van der Waals surface area contributed by atoms with E-state index in [0.29, 0.717) is 11.3 Å². The number of amides is 1. The molecular weight excluding hydrogens is 380 g/mol. The van der Waals surface area contributed by atoms with Crippen LogP contribution in [-0.4, -0.2) is 27.0 Å². The predicted molar refractivity (Wildman–Crippen MR) is 93.7 cm³/mol. The molecule has 0 bridgehead atoms. The van der Waals surface area contributed by atoms with E-state index in [9.17, 15) is 18.4 Å². The predicted octanol–water partition coefficient (Wildman–Crippen LogP) is 4.03. The number of nitrogens with zero attached hydrogens (tertiary/aromatic N) is 2. The molecule has 0 fully saturated rings. The molecule has 9 heteroatoms. The highest BCUT2D eigenvalue weighted by Gasteiger charge is 2.18. The van der Waals surface area contributed by atoms with Crippen LogP contribution in [0.15, 0.2) is 48.8 Å². The number of carboxylic acids is 1. The Balaban J connectivity index is 1.82. The van der Waals surface area contributed by atoms with E-state index in [0.717, 1.165) is 18.2 Å². The van der Waals surface area contributed by atoms with Gasteiger partial charge in [-0.1, -0.05) is 23.7 Å². The highest BCUT2D eigenvalue weighted by Crippen LogP contribution is 2.27. The minimum absolute atomic E-state index is 0.0208. The highest BCUT2D eigenvalue weighted by molar-refractivity contribution is 6.33. The number of rotatable bonds is 4. The van der Waals surface area contributed by atoms with Gasteiger partial charge in [0.1, 0.15) is 17.2 Å². The van der Waals surface area contributed by atoms with Crippen LogP contribution < -0.4 is 5.32 Å². The zero-order chi connectivity index (χ0) is 19.6. The maximum Gasteiger partial charge on any atom is 0.335 e. The molecular formula is C18H10ClF2N3O3. The summed E-state index contributed by atoms with van der Waals surface area (Å²) in [4.78, 5) is 31.0. The number of aromatic carboxylic acids is 1. The molecule has 2 N–H and O–H groups in total. The van der Waals surface area contributed by atoms with Crippen molar-refractivity contribution >= 4 is 29.3 Å². The number of aromatic nitrogens is 2. The molecule has 0 aliphatic heterocycles. The molecule has 1 aromatic heterocycles. The first-order valence-electron chi connectivity index (χ1n) is 7.47. The molecule has 6 nitrogen and oxygen atoms in total. The van der Waals surface area contributed by atoms with E-state index < -0.39 is 29.1 Å².